The number of para-hydroxylation sites is 1. The molecule has 0 aromatic heterocycles. The van der Waals surface area contributed by atoms with Gasteiger partial charge in [-0.1, -0.05) is 18.2 Å². The summed E-state index contributed by atoms with van der Waals surface area (Å²) in [5.41, 5.74) is 1.50. The van der Waals surface area contributed by atoms with E-state index in [1.54, 1.807) is 0 Å². The molecule has 1 aromatic rings. The predicted octanol–water partition coefficient (Wildman–Crippen LogP) is 2.39. The summed E-state index contributed by atoms with van der Waals surface area (Å²) in [6.45, 7) is 0.357. The molecule has 1 aliphatic heterocycles. The van der Waals surface area contributed by atoms with Crippen molar-refractivity contribution in [2.75, 3.05) is 6.61 Å². The van der Waals surface area contributed by atoms with Crippen LogP contribution in [-0.2, 0) is 0 Å². The van der Waals surface area contributed by atoms with Gasteiger partial charge < -0.3 is 4.74 Å². The molecular weight excluding hydrogens is 143 g/mol. The van der Waals surface area contributed by atoms with Gasteiger partial charge in [-0.2, -0.15) is 0 Å². The second kappa shape index (κ2) is 2.38. The van der Waals surface area contributed by atoms with E-state index in [4.69, 9.17) is 4.74 Å². The Morgan fingerprint density at radius 2 is 2.18 bits per heavy atom. The number of hydrogen-bond donors (Lipinski definition) is 0. The van der Waals surface area contributed by atoms with Crippen molar-refractivity contribution in [2.24, 2.45) is 0 Å². The highest BCUT2D eigenvalue weighted by Crippen LogP contribution is 2.32. The molecule has 1 nitrogen and oxygen atoms in total. The molecule has 0 unspecified atom stereocenters. The highest BCUT2D eigenvalue weighted by molar-refractivity contribution is 5.73. The van der Waals surface area contributed by atoms with E-state index >= 15 is 0 Å². The molecule has 0 radical (unpaired) electrons. The van der Waals surface area contributed by atoms with Crippen molar-refractivity contribution in [3.05, 3.63) is 36.2 Å². The van der Waals surface area contributed by atoms with E-state index in [1.165, 1.54) is 0 Å². The number of halogens is 1. The summed E-state index contributed by atoms with van der Waals surface area (Å²) < 4.78 is 17.3. The Morgan fingerprint density at radius 1 is 1.36 bits per heavy atom. The van der Waals surface area contributed by atoms with Crippen LogP contribution in [0.4, 0.5) is 4.39 Å². The molecule has 0 spiro atoms. The Bertz CT molecular complexity index is 304. The minimum Gasteiger partial charge on any atom is -0.488 e. The number of ether oxygens (including phenoxy) is 1. The lowest BCUT2D eigenvalue weighted by Crippen LogP contribution is -1.85. The van der Waals surface area contributed by atoms with Crippen LogP contribution in [0.1, 0.15) is 5.56 Å². The van der Waals surface area contributed by atoms with Crippen LogP contribution in [0.25, 0.3) is 5.57 Å². The fourth-order valence-corrected chi connectivity index (χ4v) is 1.18. The third-order valence-corrected chi connectivity index (χ3v) is 1.75. The van der Waals surface area contributed by atoms with Crippen LogP contribution in [0.15, 0.2) is 30.6 Å². The minimum atomic E-state index is 0.357. The van der Waals surface area contributed by atoms with Crippen LogP contribution < -0.4 is 4.74 Å². The molecule has 2 rings (SSSR count). The molecule has 0 fully saturated rings. The van der Waals surface area contributed by atoms with Gasteiger partial charge in [0.05, 0.1) is 6.33 Å². The smallest absolute Gasteiger partial charge is 0.127 e. The molecule has 11 heavy (non-hydrogen) atoms. The first kappa shape index (κ1) is 6.40. The zero-order valence-corrected chi connectivity index (χ0v) is 5.88. The molecule has 0 N–H and O–H groups in total. The van der Waals surface area contributed by atoms with Gasteiger partial charge in [0.2, 0.25) is 0 Å². The van der Waals surface area contributed by atoms with Crippen molar-refractivity contribution < 1.29 is 9.13 Å². The predicted molar refractivity (Wildman–Crippen MR) is 41.0 cm³/mol. The van der Waals surface area contributed by atoms with Crippen LogP contribution in [-0.4, -0.2) is 6.61 Å². The van der Waals surface area contributed by atoms with E-state index in [0.29, 0.717) is 18.5 Å². The molecule has 56 valence electrons. The van der Waals surface area contributed by atoms with Gasteiger partial charge in [0.15, 0.2) is 0 Å². The summed E-state index contributed by atoms with van der Waals surface area (Å²) in [6.07, 6.45) is 0.603. The van der Waals surface area contributed by atoms with E-state index < -0.39 is 0 Å². The van der Waals surface area contributed by atoms with Gasteiger partial charge in [-0.05, 0) is 6.07 Å². The average molecular weight is 150 g/mol. The van der Waals surface area contributed by atoms with E-state index in [1.807, 2.05) is 24.3 Å². The van der Waals surface area contributed by atoms with E-state index in [9.17, 15) is 4.39 Å². The van der Waals surface area contributed by atoms with Gasteiger partial charge in [-0.3, -0.25) is 0 Å². The second-order valence-electron chi connectivity index (χ2n) is 2.42. The molecule has 0 aliphatic carbocycles. The molecule has 2 heteroatoms. The first-order chi connectivity index (χ1) is 5.42. The molecule has 0 amide bonds. The van der Waals surface area contributed by atoms with Gasteiger partial charge in [-0.15, -0.1) is 0 Å². The van der Waals surface area contributed by atoms with Crippen molar-refractivity contribution in [3.8, 4) is 5.75 Å². The lowest BCUT2D eigenvalue weighted by molar-refractivity contribution is 0.387. The number of fused-ring (bicyclic) bond motifs is 1. The van der Waals surface area contributed by atoms with E-state index in [0.717, 1.165) is 11.3 Å². The summed E-state index contributed by atoms with van der Waals surface area (Å²) in [5, 5.41) is 0. The Kier molecular flexibility index (Phi) is 1.39. The highest BCUT2D eigenvalue weighted by atomic mass is 19.1. The van der Waals surface area contributed by atoms with Crippen molar-refractivity contribution in [2.45, 2.75) is 0 Å². The lowest BCUT2D eigenvalue weighted by Gasteiger charge is -1.93. The van der Waals surface area contributed by atoms with Crippen molar-refractivity contribution in [1.29, 1.82) is 0 Å². The van der Waals surface area contributed by atoms with Gasteiger partial charge in [-0.25, -0.2) is 4.39 Å². The molecule has 1 heterocycles. The van der Waals surface area contributed by atoms with Gasteiger partial charge in [0, 0.05) is 11.1 Å². The topological polar surface area (TPSA) is 9.23 Å². The highest BCUT2D eigenvalue weighted by Gasteiger charge is 2.15. The maximum Gasteiger partial charge on any atom is 0.127 e. The largest absolute Gasteiger partial charge is 0.488 e. The zero-order valence-electron chi connectivity index (χ0n) is 5.88. The monoisotopic (exact) mass is 150 g/mol. The SMILES string of the molecule is F/C=C1/COc2ccccc21. The average Bonchev–Trinajstić information content (AvgIpc) is 2.47. The molecule has 1 aliphatic rings. The summed E-state index contributed by atoms with van der Waals surface area (Å²) in [4.78, 5) is 0. The van der Waals surface area contributed by atoms with E-state index in [2.05, 4.69) is 0 Å². The van der Waals surface area contributed by atoms with Crippen LogP contribution in [0.5, 0.6) is 5.75 Å². The fraction of sp³-hybridized carbons (Fsp3) is 0.111. The van der Waals surface area contributed by atoms with Gasteiger partial charge >= 0.3 is 0 Å². The summed E-state index contributed by atoms with van der Waals surface area (Å²) >= 11 is 0. The van der Waals surface area contributed by atoms with E-state index in [-0.39, 0.29) is 0 Å². The maximum atomic E-state index is 12.1. The van der Waals surface area contributed by atoms with Crippen LogP contribution >= 0.6 is 0 Å². The van der Waals surface area contributed by atoms with Crippen molar-refractivity contribution in [3.63, 3.8) is 0 Å². The lowest BCUT2D eigenvalue weighted by atomic mass is 10.1. The Morgan fingerprint density at radius 3 is 3.00 bits per heavy atom. The second-order valence-corrected chi connectivity index (χ2v) is 2.42. The third-order valence-electron chi connectivity index (χ3n) is 1.75. The first-order valence-corrected chi connectivity index (χ1v) is 3.43. The molecule has 0 saturated carbocycles. The number of rotatable bonds is 0. The maximum absolute atomic E-state index is 12.1. The normalized spacial score (nSPS) is 18.1. The van der Waals surface area contributed by atoms with Crippen LogP contribution in [0.3, 0.4) is 0 Å². The summed E-state index contributed by atoms with van der Waals surface area (Å²) in [6, 6.07) is 7.44. The number of benzene rings is 1. The first-order valence-electron chi connectivity index (χ1n) is 3.43. The molecule has 0 atom stereocenters. The van der Waals surface area contributed by atoms with Crippen LogP contribution in [0, 0.1) is 0 Å². The third kappa shape index (κ3) is 0.909. The zero-order chi connectivity index (χ0) is 7.68. The standard InChI is InChI=1S/C9H7FO/c10-5-7-6-11-9-4-2-1-3-8(7)9/h1-5H,6H2/b7-5-. The minimum absolute atomic E-state index is 0.357. The quantitative estimate of drug-likeness (QED) is 0.551. The summed E-state index contributed by atoms with van der Waals surface area (Å²) in [7, 11) is 0. The Hall–Kier alpha value is -1.31. The summed E-state index contributed by atoms with van der Waals surface area (Å²) in [5.74, 6) is 0.774. The molecule has 0 bridgehead atoms. The Balaban J connectivity index is 2.55. The Labute approximate surface area is 64.1 Å². The van der Waals surface area contributed by atoms with Crippen molar-refractivity contribution in [1.82, 2.24) is 0 Å². The van der Waals surface area contributed by atoms with Crippen LogP contribution in [0.2, 0.25) is 0 Å². The van der Waals surface area contributed by atoms with Gasteiger partial charge in [0.25, 0.3) is 0 Å². The molecular formula is C9H7FO. The number of hydrogen-bond acceptors (Lipinski definition) is 1. The molecule has 1 aromatic carbocycles. The molecule has 0 saturated heterocycles. The van der Waals surface area contributed by atoms with Gasteiger partial charge in [0.1, 0.15) is 12.4 Å². The van der Waals surface area contributed by atoms with Crippen molar-refractivity contribution >= 4 is 5.57 Å². The fourth-order valence-electron chi connectivity index (χ4n) is 1.18.